The van der Waals surface area contributed by atoms with Crippen molar-refractivity contribution in [2.45, 2.75) is 51.2 Å². The van der Waals surface area contributed by atoms with Gasteiger partial charge in [-0.05, 0) is 60.9 Å². The molecule has 4 nitrogen and oxygen atoms in total. The maximum atomic E-state index is 13.1. The van der Waals surface area contributed by atoms with Crippen LogP contribution in [0.1, 0.15) is 54.5 Å². The Kier molecular flexibility index (Phi) is 6.25. The molecule has 1 unspecified atom stereocenters. The number of nitrogens with one attached hydrogen (secondary N) is 2. The van der Waals surface area contributed by atoms with Gasteiger partial charge in [0.25, 0.3) is 0 Å². The molecule has 2 aromatic carbocycles. The summed E-state index contributed by atoms with van der Waals surface area (Å²) in [5.41, 5.74) is 2.02. The number of carbonyl (C=O) groups is 2. The highest BCUT2D eigenvalue weighted by Gasteiger charge is 2.34. The first-order valence-corrected chi connectivity index (χ1v) is 9.69. The van der Waals surface area contributed by atoms with E-state index in [2.05, 4.69) is 22.8 Å². The third kappa shape index (κ3) is 4.96. The van der Waals surface area contributed by atoms with Crippen molar-refractivity contribution in [1.29, 1.82) is 0 Å². The van der Waals surface area contributed by atoms with Crippen molar-refractivity contribution in [2.75, 3.05) is 5.32 Å². The smallest absolute Gasteiger partial charge is 0.341 e. The van der Waals surface area contributed by atoms with E-state index in [1.165, 1.54) is 29.7 Å². The van der Waals surface area contributed by atoms with E-state index >= 15 is 0 Å². The topological polar surface area (TPSA) is 58.2 Å². The highest BCUT2D eigenvalue weighted by atomic mass is 19.4. The van der Waals surface area contributed by atoms with Crippen LogP contribution in [0.3, 0.4) is 0 Å². The predicted octanol–water partition coefficient (Wildman–Crippen LogP) is 4.79. The van der Waals surface area contributed by atoms with E-state index < -0.39 is 35.3 Å². The molecule has 0 aromatic heterocycles. The Balaban J connectivity index is 1.71. The molecule has 0 saturated heterocycles. The van der Waals surface area contributed by atoms with Crippen molar-refractivity contribution < 1.29 is 22.8 Å². The number of fused-ring (bicyclic) bond motifs is 1. The molecule has 0 spiro atoms. The minimum absolute atomic E-state index is 0.390. The van der Waals surface area contributed by atoms with Crippen LogP contribution in [-0.4, -0.2) is 11.8 Å². The quantitative estimate of drug-likeness (QED) is 0.720. The van der Waals surface area contributed by atoms with E-state index in [0.717, 1.165) is 37.0 Å². The summed E-state index contributed by atoms with van der Waals surface area (Å²) in [6.45, 7) is 1.88. The lowest BCUT2D eigenvalue weighted by molar-refractivity contribution is -0.138. The van der Waals surface area contributed by atoms with Crippen LogP contribution in [-0.2, 0) is 28.6 Å². The first kappa shape index (κ1) is 20.9. The molecule has 0 fully saturated rings. The summed E-state index contributed by atoms with van der Waals surface area (Å²) >= 11 is 0. The molecule has 2 aromatic rings. The number of benzene rings is 2. The standard InChI is InChI=1S/C22H23F3N2O2/c1-2-18(16-12-11-14-7-3-4-8-15(14)13-16)26-20(28)21(29)27-19-10-6-5-9-17(19)22(23,24)25/h5-6,9-13,18H,2-4,7-8H2,1H3,(H,26,28)(H,27,29). The Morgan fingerprint density at radius 1 is 1.00 bits per heavy atom. The molecule has 7 heteroatoms. The van der Waals surface area contributed by atoms with E-state index in [4.69, 9.17) is 0 Å². The lowest BCUT2D eigenvalue weighted by Crippen LogP contribution is -2.38. The lowest BCUT2D eigenvalue weighted by atomic mass is 9.89. The molecule has 0 radical (unpaired) electrons. The predicted molar refractivity (Wildman–Crippen MR) is 104 cm³/mol. The van der Waals surface area contributed by atoms with Gasteiger partial charge in [-0.2, -0.15) is 13.2 Å². The van der Waals surface area contributed by atoms with Gasteiger partial charge in [0.1, 0.15) is 0 Å². The van der Waals surface area contributed by atoms with Crippen LogP contribution in [0.2, 0.25) is 0 Å². The number of para-hydroxylation sites is 1. The van der Waals surface area contributed by atoms with Crippen LogP contribution in [0, 0.1) is 0 Å². The average molecular weight is 404 g/mol. The molecule has 0 heterocycles. The van der Waals surface area contributed by atoms with Gasteiger partial charge in [0.2, 0.25) is 0 Å². The molecule has 1 atom stereocenters. The second-order valence-corrected chi connectivity index (χ2v) is 7.17. The molecule has 154 valence electrons. The van der Waals surface area contributed by atoms with E-state index in [1.54, 1.807) is 0 Å². The van der Waals surface area contributed by atoms with Gasteiger partial charge in [-0.15, -0.1) is 0 Å². The summed E-state index contributed by atoms with van der Waals surface area (Å²) in [5, 5.41) is 4.71. The summed E-state index contributed by atoms with van der Waals surface area (Å²) in [4.78, 5) is 24.6. The van der Waals surface area contributed by atoms with Gasteiger partial charge in [0.15, 0.2) is 0 Å². The Morgan fingerprint density at radius 3 is 2.38 bits per heavy atom. The minimum Gasteiger partial charge on any atom is -0.341 e. The van der Waals surface area contributed by atoms with Crippen molar-refractivity contribution in [3.05, 3.63) is 64.7 Å². The number of aryl methyl sites for hydroxylation is 2. The van der Waals surface area contributed by atoms with Crippen molar-refractivity contribution in [3.63, 3.8) is 0 Å². The number of amides is 2. The first-order valence-electron chi connectivity index (χ1n) is 9.69. The fourth-order valence-corrected chi connectivity index (χ4v) is 3.63. The normalized spacial score (nSPS) is 14.6. The van der Waals surface area contributed by atoms with Crippen molar-refractivity contribution >= 4 is 17.5 Å². The number of hydrogen-bond acceptors (Lipinski definition) is 2. The summed E-state index contributed by atoms with van der Waals surface area (Å²) in [6.07, 6.45) is 0.245. The van der Waals surface area contributed by atoms with Gasteiger partial charge in [-0.25, -0.2) is 0 Å². The van der Waals surface area contributed by atoms with E-state index in [1.807, 2.05) is 13.0 Å². The third-order valence-corrected chi connectivity index (χ3v) is 5.18. The van der Waals surface area contributed by atoms with Gasteiger partial charge in [-0.3, -0.25) is 9.59 Å². The van der Waals surface area contributed by atoms with Crippen molar-refractivity contribution in [1.82, 2.24) is 5.32 Å². The molecule has 0 aliphatic heterocycles. The van der Waals surface area contributed by atoms with Crippen LogP contribution in [0.25, 0.3) is 0 Å². The van der Waals surface area contributed by atoms with Gasteiger partial charge in [0, 0.05) is 0 Å². The first-order chi connectivity index (χ1) is 13.8. The fraction of sp³-hybridized carbons (Fsp3) is 0.364. The SMILES string of the molecule is CCC(NC(=O)C(=O)Nc1ccccc1C(F)(F)F)c1ccc2c(c1)CCCC2. The molecule has 2 amide bonds. The van der Waals surface area contributed by atoms with Gasteiger partial charge in [0.05, 0.1) is 17.3 Å². The van der Waals surface area contributed by atoms with Gasteiger partial charge in [-0.1, -0.05) is 37.3 Å². The number of anilines is 1. The maximum absolute atomic E-state index is 13.1. The lowest BCUT2D eigenvalue weighted by Gasteiger charge is -2.21. The highest BCUT2D eigenvalue weighted by Crippen LogP contribution is 2.34. The van der Waals surface area contributed by atoms with Crippen molar-refractivity contribution in [2.24, 2.45) is 0 Å². The monoisotopic (exact) mass is 404 g/mol. The molecule has 1 aliphatic rings. The summed E-state index contributed by atoms with van der Waals surface area (Å²) in [7, 11) is 0. The van der Waals surface area contributed by atoms with E-state index in [0.29, 0.717) is 6.42 Å². The van der Waals surface area contributed by atoms with Crippen molar-refractivity contribution in [3.8, 4) is 0 Å². The number of alkyl halides is 3. The second kappa shape index (κ2) is 8.68. The second-order valence-electron chi connectivity index (χ2n) is 7.17. The largest absolute Gasteiger partial charge is 0.418 e. The Bertz CT molecular complexity index is 909. The number of carbonyl (C=O) groups excluding carboxylic acids is 2. The van der Waals surface area contributed by atoms with Crippen LogP contribution in [0.4, 0.5) is 18.9 Å². The zero-order valence-electron chi connectivity index (χ0n) is 16.1. The number of halogens is 3. The average Bonchev–Trinajstić information content (AvgIpc) is 2.71. The minimum atomic E-state index is -4.63. The maximum Gasteiger partial charge on any atom is 0.418 e. The number of hydrogen-bond donors (Lipinski definition) is 2. The van der Waals surface area contributed by atoms with Crippen LogP contribution in [0.5, 0.6) is 0 Å². The van der Waals surface area contributed by atoms with Gasteiger partial charge >= 0.3 is 18.0 Å². The van der Waals surface area contributed by atoms with E-state index in [9.17, 15) is 22.8 Å². The molecule has 1 aliphatic carbocycles. The Labute approximate surface area is 167 Å². The molecule has 3 rings (SSSR count). The Hall–Kier alpha value is -2.83. The molecule has 29 heavy (non-hydrogen) atoms. The molecule has 0 saturated carbocycles. The molecular weight excluding hydrogens is 381 g/mol. The van der Waals surface area contributed by atoms with Gasteiger partial charge < -0.3 is 10.6 Å². The molecular formula is C22H23F3N2O2. The van der Waals surface area contributed by atoms with E-state index in [-0.39, 0.29) is 0 Å². The summed E-state index contributed by atoms with van der Waals surface area (Å²) in [6, 6.07) is 10.2. The summed E-state index contributed by atoms with van der Waals surface area (Å²) in [5.74, 6) is -2.09. The third-order valence-electron chi connectivity index (χ3n) is 5.18. The molecule has 2 N–H and O–H groups in total. The van der Waals surface area contributed by atoms with Crippen LogP contribution in [0.15, 0.2) is 42.5 Å². The highest BCUT2D eigenvalue weighted by molar-refractivity contribution is 6.39. The van der Waals surface area contributed by atoms with Crippen LogP contribution < -0.4 is 10.6 Å². The zero-order valence-corrected chi connectivity index (χ0v) is 16.1. The zero-order chi connectivity index (χ0) is 21.0. The van der Waals surface area contributed by atoms with Crippen LogP contribution >= 0.6 is 0 Å². The molecule has 0 bridgehead atoms. The Morgan fingerprint density at radius 2 is 1.69 bits per heavy atom. The summed E-state index contributed by atoms with van der Waals surface area (Å²) < 4.78 is 39.2. The fourth-order valence-electron chi connectivity index (χ4n) is 3.63. The number of rotatable bonds is 4.